The minimum Gasteiger partial charge on any atom is -0.398 e. The van der Waals surface area contributed by atoms with Crippen molar-refractivity contribution in [2.45, 2.75) is 19.4 Å². The molecule has 0 amide bonds. The highest BCUT2D eigenvalue weighted by Crippen LogP contribution is 2.29. The summed E-state index contributed by atoms with van der Waals surface area (Å²) in [6.45, 7) is 3.08. The van der Waals surface area contributed by atoms with Crippen molar-refractivity contribution in [3.63, 3.8) is 0 Å². The van der Waals surface area contributed by atoms with Gasteiger partial charge in [-0.15, -0.1) is 0 Å². The van der Waals surface area contributed by atoms with Crippen molar-refractivity contribution in [1.29, 1.82) is 0 Å². The molecule has 1 atom stereocenters. The van der Waals surface area contributed by atoms with Crippen molar-refractivity contribution in [1.82, 2.24) is 0 Å². The van der Waals surface area contributed by atoms with Gasteiger partial charge in [-0.3, -0.25) is 0 Å². The van der Waals surface area contributed by atoms with Crippen LogP contribution in [0, 0.1) is 0 Å². The van der Waals surface area contributed by atoms with E-state index in [2.05, 4.69) is 24.4 Å². The smallest absolute Gasteiger partial charge is 0.0592 e. The molecule has 2 rings (SSSR count). The highest BCUT2D eigenvalue weighted by Gasteiger charge is 2.14. The van der Waals surface area contributed by atoms with Crippen LogP contribution in [0.25, 0.3) is 0 Å². The Hall–Kier alpha value is -2.00. The summed E-state index contributed by atoms with van der Waals surface area (Å²) in [5.41, 5.74) is 16.2. The molecule has 0 saturated heterocycles. The van der Waals surface area contributed by atoms with Crippen LogP contribution in [0.15, 0.2) is 48.5 Å². The van der Waals surface area contributed by atoms with Gasteiger partial charge >= 0.3 is 0 Å². The van der Waals surface area contributed by atoms with Gasteiger partial charge in [-0.2, -0.15) is 0 Å². The molecule has 100 valence electrons. The summed E-state index contributed by atoms with van der Waals surface area (Å²) >= 11 is 0. The van der Waals surface area contributed by atoms with Crippen LogP contribution >= 0.6 is 0 Å². The van der Waals surface area contributed by atoms with E-state index >= 15 is 0 Å². The zero-order chi connectivity index (χ0) is 13.7. The van der Waals surface area contributed by atoms with Crippen molar-refractivity contribution in [2.75, 3.05) is 17.6 Å². The van der Waals surface area contributed by atoms with Crippen molar-refractivity contribution in [2.24, 2.45) is 5.73 Å². The molecule has 0 aliphatic carbocycles. The molecule has 1 unspecified atom stereocenters. The van der Waals surface area contributed by atoms with Crippen LogP contribution in [0.4, 0.5) is 11.4 Å². The predicted molar refractivity (Wildman–Crippen MR) is 82.1 cm³/mol. The highest BCUT2D eigenvalue weighted by atomic mass is 14.9. The number of benzene rings is 2. The molecule has 3 heteroatoms. The molecule has 0 radical (unpaired) electrons. The van der Waals surface area contributed by atoms with Gasteiger partial charge in [-0.05, 0) is 29.7 Å². The molecular weight excluding hydrogens is 234 g/mol. The van der Waals surface area contributed by atoms with Crippen LogP contribution in [-0.2, 0) is 0 Å². The first-order chi connectivity index (χ1) is 9.24. The maximum Gasteiger partial charge on any atom is 0.0592 e. The Labute approximate surface area is 114 Å². The van der Waals surface area contributed by atoms with Crippen LogP contribution in [0.5, 0.6) is 0 Å². The van der Waals surface area contributed by atoms with E-state index in [-0.39, 0.29) is 6.04 Å². The van der Waals surface area contributed by atoms with Gasteiger partial charge < -0.3 is 16.8 Å². The van der Waals surface area contributed by atoms with E-state index < -0.39 is 0 Å². The van der Waals surface area contributed by atoms with Gasteiger partial charge in [-0.25, -0.2) is 0 Å². The second-order valence-electron chi connectivity index (χ2n) is 4.62. The van der Waals surface area contributed by atoms with Crippen LogP contribution in [0.1, 0.15) is 30.5 Å². The number of nitrogen functional groups attached to an aromatic ring is 1. The molecule has 0 aromatic heterocycles. The van der Waals surface area contributed by atoms with Gasteiger partial charge in [0.25, 0.3) is 0 Å². The van der Waals surface area contributed by atoms with Crippen molar-refractivity contribution in [3.05, 3.63) is 59.7 Å². The van der Waals surface area contributed by atoms with E-state index in [1.807, 2.05) is 36.4 Å². The minimum absolute atomic E-state index is 0.207. The second kappa shape index (κ2) is 6.25. The fourth-order valence-electron chi connectivity index (χ4n) is 2.15. The SMILES string of the molecule is CCCNc1ccccc1C(N)c1ccccc1N. The Balaban J connectivity index is 2.33. The van der Waals surface area contributed by atoms with E-state index in [1.165, 1.54) is 0 Å². The van der Waals surface area contributed by atoms with Gasteiger partial charge in [0, 0.05) is 17.9 Å². The molecule has 2 aromatic carbocycles. The Kier molecular flexibility index (Phi) is 4.42. The number of hydrogen-bond acceptors (Lipinski definition) is 3. The molecule has 19 heavy (non-hydrogen) atoms. The third-order valence-corrected chi connectivity index (χ3v) is 3.19. The van der Waals surface area contributed by atoms with Crippen molar-refractivity contribution >= 4 is 11.4 Å². The summed E-state index contributed by atoms with van der Waals surface area (Å²) in [5.74, 6) is 0. The Bertz CT molecular complexity index is 537. The summed E-state index contributed by atoms with van der Waals surface area (Å²) < 4.78 is 0. The van der Waals surface area contributed by atoms with E-state index in [9.17, 15) is 0 Å². The second-order valence-corrected chi connectivity index (χ2v) is 4.62. The maximum absolute atomic E-state index is 6.37. The van der Waals surface area contributed by atoms with Crippen LogP contribution in [-0.4, -0.2) is 6.54 Å². The fourth-order valence-corrected chi connectivity index (χ4v) is 2.15. The molecule has 0 aliphatic rings. The van der Waals surface area contributed by atoms with E-state index in [4.69, 9.17) is 11.5 Å². The summed E-state index contributed by atoms with van der Waals surface area (Å²) in [4.78, 5) is 0. The number of anilines is 2. The molecule has 0 bridgehead atoms. The molecule has 0 saturated carbocycles. The lowest BCUT2D eigenvalue weighted by Gasteiger charge is -2.19. The van der Waals surface area contributed by atoms with Crippen LogP contribution < -0.4 is 16.8 Å². The molecule has 0 aliphatic heterocycles. The molecule has 0 spiro atoms. The zero-order valence-corrected chi connectivity index (χ0v) is 11.3. The van der Waals surface area contributed by atoms with E-state index in [0.717, 1.165) is 35.5 Å². The Morgan fingerprint density at radius 3 is 2.32 bits per heavy atom. The molecule has 5 N–H and O–H groups in total. The lowest BCUT2D eigenvalue weighted by molar-refractivity contribution is 0.870. The topological polar surface area (TPSA) is 64.1 Å². The number of rotatable bonds is 5. The normalized spacial score (nSPS) is 12.1. The Morgan fingerprint density at radius 2 is 1.63 bits per heavy atom. The van der Waals surface area contributed by atoms with Crippen LogP contribution in [0.2, 0.25) is 0 Å². The lowest BCUT2D eigenvalue weighted by atomic mass is 9.96. The average Bonchev–Trinajstić information content (AvgIpc) is 2.45. The van der Waals surface area contributed by atoms with Gasteiger partial charge in [0.05, 0.1) is 6.04 Å². The molecule has 3 nitrogen and oxygen atoms in total. The van der Waals surface area contributed by atoms with E-state index in [0.29, 0.717) is 0 Å². The largest absolute Gasteiger partial charge is 0.398 e. The number of nitrogens with two attached hydrogens (primary N) is 2. The van der Waals surface area contributed by atoms with Gasteiger partial charge in [0.15, 0.2) is 0 Å². The summed E-state index contributed by atoms with van der Waals surface area (Å²) in [6, 6.07) is 15.7. The molecule has 0 fully saturated rings. The van der Waals surface area contributed by atoms with Gasteiger partial charge in [0.2, 0.25) is 0 Å². The number of para-hydroxylation sites is 2. The quantitative estimate of drug-likeness (QED) is 0.719. The third-order valence-electron chi connectivity index (χ3n) is 3.19. The highest BCUT2D eigenvalue weighted by molar-refractivity contribution is 5.58. The summed E-state index contributed by atoms with van der Waals surface area (Å²) in [5, 5.41) is 3.41. The van der Waals surface area contributed by atoms with Gasteiger partial charge in [0.1, 0.15) is 0 Å². The first-order valence-electron chi connectivity index (χ1n) is 6.66. The summed E-state index contributed by atoms with van der Waals surface area (Å²) in [6.07, 6.45) is 1.08. The minimum atomic E-state index is -0.207. The molecule has 2 aromatic rings. The summed E-state index contributed by atoms with van der Waals surface area (Å²) in [7, 11) is 0. The van der Waals surface area contributed by atoms with E-state index in [1.54, 1.807) is 0 Å². The molecular formula is C16H21N3. The van der Waals surface area contributed by atoms with Gasteiger partial charge in [-0.1, -0.05) is 43.3 Å². The zero-order valence-electron chi connectivity index (χ0n) is 11.3. The van der Waals surface area contributed by atoms with Crippen molar-refractivity contribution < 1.29 is 0 Å². The molecule has 0 heterocycles. The predicted octanol–water partition coefficient (Wildman–Crippen LogP) is 3.14. The first-order valence-corrected chi connectivity index (χ1v) is 6.66. The fraction of sp³-hybridized carbons (Fsp3) is 0.250. The number of nitrogens with one attached hydrogen (secondary N) is 1. The Morgan fingerprint density at radius 1 is 1.00 bits per heavy atom. The third kappa shape index (κ3) is 3.06. The van der Waals surface area contributed by atoms with Crippen LogP contribution in [0.3, 0.4) is 0 Å². The number of hydrogen-bond donors (Lipinski definition) is 3. The monoisotopic (exact) mass is 255 g/mol. The standard InChI is InChI=1S/C16H21N3/c1-2-11-19-15-10-6-4-8-13(15)16(18)12-7-3-5-9-14(12)17/h3-10,16,19H,2,11,17-18H2,1H3. The average molecular weight is 255 g/mol. The first kappa shape index (κ1) is 13.4. The maximum atomic E-state index is 6.37. The van der Waals surface area contributed by atoms with Crippen molar-refractivity contribution in [3.8, 4) is 0 Å². The lowest BCUT2D eigenvalue weighted by Crippen LogP contribution is -2.16.